The SMILES string of the molecule is COC(=O)C(C)(N)CC(C)N1CC(C)CC(C)C1. The number of methoxy groups -OCH3 is 1. The van der Waals surface area contributed by atoms with Crippen molar-refractivity contribution in [2.75, 3.05) is 20.2 Å². The highest BCUT2D eigenvalue weighted by Crippen LogP contribution is 2.25. The van der Waals surface area contributed by atoms with Gasteiger partial charge in [0.15, 0.2) is 0 Å². The van der Waals surface area contributed by atoms with Crippen LogP contribution in [0.5, 0.6) is 0 Å². The number of esters is 1. The van der Waals surface area contributed by atoms with Gasteiger partial charge in [0.1, 0.15) is 5.54 Å². The molecule has 4 unspecified atom stereocenters. The van der Waals surface area contributed by atoms with Crippen molar-refractivity contribution in [2.45, 2.75) is 52.1 Å². The Bertz CT molecular complexity index is 282. The van der Waals surface area contributed by atoms with Crippen molar-refractivity contribution < 1.29 is 9.53 Å². The molecule has 1 heterocycles. The average molecular weight is 256 g/mol. The first-order valence-corrected chi connectivity index (χ1v) is 6.87. The van der Waals surface area contributed by atoms with E-state index in [0.717, 1.165) is 24.9 Å². The average Bonchev–Trinajstić information content (AvgIpc) is 2.25. The van der Waals surface area contributed by atoms with Crippen molar-refractivity contribution in [3.63, 3.8) is 0 Å². The summed E-state index contributed by atoms with van der Waals surface area (Å²) in [6.07, 6.45) is 1.93. The summed E-state index contributed by atoms with van der Waals surface area (Å²) in [5.41, 5.74) is 5.16. The third-order valence-corrected chi connectivity index (χ3v) is 3.89. The third-order valence-electron chi connectivity index (χ3n) is 3.89. The molecular formula is C14H28N2O2. The van der Waals surface area contributed by atoms with Gasteiger partial charge in [-0.05, 0) is 38.5 Å². The summed E-state index contributed by atoms with van der Waals surface area (Å²) in [7, 11) is 1.39. The number of carbonyl (C=O) groups is 1. The number of ether oxygens (including phenoxy) is 1. The van der Waals surface area contributed by atoms with E-state index in [1.807, 2.05) is 0 Å². The number of rotatable bonds is 4. The standard InChI is InChI=1S/C14H28N2O2/c1-10-6-11(2)9-16(8-10)12(3)7-14(4,15)13(17)18-5/h10-12H,6-9,15H2,1-5H3. The molecule has 0 aliphatic carbocycles. The molecule has 4 nitrogen and oxygen atoms in total. The summed E-state index contributed by atoms with van der Waals surface area (Å²) in [6.45, 7) is 10.7. The Labute approximate surface area is 111 Å². The number of hydrogen-bond donors (Lipinski definition) is 1. The van der Waals surface area contributed by atoms with Crippen molar-refractivity contribution in [3.05, 3.63) is 0 Å². The van der Waals surface area contributed by atoms with Crippen LogP contribution in [0.1, 0.15) is 40.5 Å². The zero-order valence-electron chi connectivity index (χ0n) is 12.4. The molecule has 2 N–H and O–H groups in total. The minimum absolute atomic E-state index is 0.310. The van der Waals surface area contributed by atoms with Crippen LogP contribution < -0.4 is 5.73 Å². The van der Waals surface area contributed by atoms with Crippen molar-refractivity contribution >= 4 is 5.97 Å². The van der Waals surface area contributed by atoms with Gasteiger partial charge in [-0.1, -0.05) is 13.8 Å². The van der Waals surface area contributed by atoms with Gasteiger partial charge in [0.2, 0.25) is 0 Å². The Hall–Kier alpha value is -0.610. The molecule has 106 valence electrons. The van der Waals surface area contributed by atoms with Gasteiger partial charge in [0.25, 0.3) is 0 Å². The highest BCUT2D eigenvalue weighted by Gasteiger charge is 2.34. The van der Waals surface area contributed by atoms with E-state index in [2.05, 4.69) is 25.7 Å². The van der Waals surface area contributed by atoms with Gasteiger partial charge in [-0.15, -0.1) is 0 Å². The van der Waals surface area contributed by atoms with Crippen LogP contribution in [0.3, 0.4) is 0 Å². The normalized spacial score (nSPS) is 30.6. The van der Waals surface area contributed by atoms with Gasteiger partial charge in [-0.3, -0.25) is 4.79 Å². The lowest BCUT2D eigenvalue weighted by Gasteiger charge is -2.40. The molecule has 4 heteroatoms. The van der Waals surface area contributed by atoms with Crippen LogP contribution in [-0.2, 0) is 9.53 Å². The summed E-state index contributed by atoms with van der Waals surface area (Å²) in [5, 5.41) is 0. The van der Waals surface area contributed by atoms with E-state index in [4.69, 9.17) is 10.5 Å². The summed E-state index contributed by atoms with van der Waals surface area (Å²) in [5.74, 6) is 1.11. The van der Waals surface area contributed by atoms with Crippen molar-refractivity contribution in [3.8, 4) is 0 Å². The summed E-state index contributed by atoms with van der Waals surface area (Å²) >= 11 is 0. The molecule has 0 aromatic heterocycles. The van der Waals surface area contributed by atoms with Gasteiger partial charge in [0, 0.05) is 19.1 Å². The van der Waals surface area contributed by atoms with E-state index in [0.29, 0.717) is 12.5 Å². The Kier molecular flexibility index (Phi) is 5.17. The topological polar surface area (TPSA) is 55.6 Å². The van der Waals surface area contributed by atoms with Crippen LogP contribution in [0.15, 0.2) is 0 Å². The summed E-state index contributed by atoms with van der Waals surface area (Å²) in [6, 6.07) is 0.310. The molecule has 0 spiro atoms. The van der Waals surface area contributed by atoms with Crippen LogP contribution in [0.25, 0.3) is 0 Å². The zero-order valence-corrected chi connectivity index (χ0v) is 12.4. The van der Waals surface area contributed by atoms with Gasteiger partial charge in [0.05, 0.1) is 7.11 Å². The Morgan fingerprint density at radius 1 is 1.44 bits per heavy atom. The second-order valence-electron chi connectivity index (χ2n) is 6.36. The molecule has 1 aliphatic heterocycles. The molecule has 0 radical (unpaired) electrons. The molecular weight excluding hydrogens is 228 g/mol. The van der Waals surface area contributed by atoms with Crippen LogP contribution >= 0.6 is 0 Å². The molecule has 18 heavy (non-hydrogen) atoms. The molecule has 1 rings (SSSR count). The van der Waals surface area contributed by atoms with Crippen LogP contribution in [0.4, 0.5) is 0 Å². The van der Waals surface area contributed by atoms with E-state index in [9.17, 15) is 4.79 Å². The summed E-state index contributed by atoms with van der Waals surface area (Å²) < 4.78 is 4.76. The van der Waals surface area contributed by atoms with E-state index in [-0.39, 0.29) is 5.97 Å². The van der Waals surface area contributed by atoms with Gasteiger partial charge in [-0.2, -0.15) is 0 Å². The number of piperidine rings is 1. The highest BCUT2D eigenvalue weighted by molar-refractivity contribution is 5.79. The van der Waals surface area contributed by atoms with E-state index < -0.39 is 5.54 Å². The minimum atomic E-state index is -0.891. The number of nitrogens with zero attached hydrogens (tertiary/aromatic N) is 1. The van der Waals surface area contributed by atoms with Crippen molar-refractivity contribution in [1.82, 2.24) is 4.90 Å². The number of carbonyl (C=O) groups excluding carboxylic acids is 1. The quantitative estimate of drug-likeness (QED) is 0.777. The fourth-order valence-electron chi connectivity index (χ4n) is 3.13. The van der Waals surface area contributed by atoms with E-state index in [1.165, 1.54) is 13.5 Å². The maximum absolute atomic E-state index is 11.6. The maximum atomic E-state index is 11.6. The number of likely N-dealkylation sites (tertiary alicyclic amines) is 1. The lowest BCUT2D eigenvalue weighted by atomic mass is 9.88. The molecule has 1 fully saturated rings. The third kappa shape index (κ3) is 3.95. The molecule has 4 atom stereocenters. The molecule has 0 saturated carbocycles. The maximum Gasteiger partial charge on any atom is 0.325 e. The van der Waals surface area contributed by atoms with Gasteiger partial charge >= 0.3 is 5.97 Å². The lowest BCUT2D eigenvalue weighted by Crippen LogP contribution is -2.53. The first-order valence-electron chi connectivity index (χ1n) is 6.87. The number of hydrogen-bond acceptors (Lipinski definition) is 4. The second-order valence-corrected chi connectivity index (χ2v) is 6.36. The fraction of sp³-hybridized carbons (Fsp3) is 0.929. The Morgan fingerprint density at radius 2 is 1.94 bits per heavy atom. The Morgan fingerprint density at radius 3 is 2.39 bits per heavy atom. The Balaban J connectivity index is 2.59. The highest BCUT2D eigenvalue weighted by atomic mass is 16.5. The van der Waals surface area contributed by atoms with Gasteiger partial charge in [-0.25, -0.2) is 0 Å². The largest absolute Gasteiger partial charge is 0.468 e. The smallest absolute Gasteiger partial charge is 0.325 e. The predicted molar refractivity (Wildman–Crippen MR) is 73.2 cm³/mol. The molecule has 0 aromatic carbocycles. The molecule has 0 bridgehead atoms. The van der Waals surface area contributed by atoms with Crippen LogP contribution in [0, 0.1) is 11.8 Å². The molecule has 1 aliphatic rings. The molecule has 1 saturated heterocycles. The lowest BCUT2D eigenvalue weighted by molar-refractivity contribution is -0.147. The first kappa shape index (κ1) is 15.4. The van der Waals surface area contributed by atoms with E-state index in [1.54, 1.807) is 6.92 Å². The van der Waals surface area contributed by atoms with Crippen molar-refractivity contribution in [1.29, 1.82) is 0 Å². The number of nitrogens with two attached hydrogens (primary N) is 1. The second kappa shape index (κ2) is 6.02. The zero-order chi connectivity index (χ0) is 13.9. The fourth-order valence-corrected chi connectivity index (χ4v) is 3.13. The molecule has 0 amide bonds. The predicted octanol–water partition coefficient (Wildman–Crippen LogP) is 1.63. The monoisotopic (exact) mass is 256 g/mol. The van der Waals surface area contributed by atoms with E-state index >= 15 is 0 Å². The molecule has 0 aromatic rings. The van der Waals surface area contributed by atoms with Crippen LogP contribution in [0.2, 0.25) is 0 Å². The minimum Gasteiger partial charge on any atom is -0.468 e. The summed E-state index contributed by atoms with van der Waals surface area (Å²) in [4.78, 5) is 14.1. The van der Waals surface area contributed by atoms with Gasteiger partial charge < -0.3 is 15.4 Å². The first-order chi connectivity index (χ1) is 8.26. The van der Waals surface area contributed by atoms with Crippen molar-refractivity contribution in [2.24, 2.45) is 17.6 Å². The van der Waals surface area contributed by atoms with Crippen LogP contribution in [-0.4, -0.2) is 42.6 Å².